The number of hydrogen-bond acceptors (Lipinski definition) is 2. The number of allylic oxidation sites excluding steroid dienone is 1. The van der Waals surface area contributed by atoms with Gasteiger partial charge in [-0.1, -0.05) is 12.1 Å². The number of rotatable bonds is 1. The normalized spacial score (nSPS) is 17.8. The van der Waals surface area contributed by atoms with Gasteiger partial charge in [-0.2, -0.15) is 9.38 Å². The van der Waals surface area contributed by atoms with Crippen LogP contribution in [0.25, 0.3) is 6.08 Å². The van der Waals surface area contributed by atoms with Gasteiger partial charge in [0, 0.05) is 0 Å². The molecule has 1 aliphatic rings. The molecule has 0 unspecified atom stereocenters. The van der Waals surface area contributed by atoms with Gasteiger partial charge in [-0.25, -0.2) is 4.79 Å². The van der Waals surface area contributed by atoms with Crippen molar-refractivity contribution in [1.82, 2.24) is 5.32 Å². The molecule has 0 saturated carbocycles. The van der Waals surface area contributed by atoms with E-state index in [-0.39, 0.29) is 11.4 Å². The van der Waals surface area contributed by atoms with E-state index in [4.69, 9.17) is 5.11 Å². The Morgan fingerprint density at radius 1 is 1.33 bits per heavy atom. The molecule has 0 aromatic heterocycles. The van der Waals surface area contributed by atoms with E-state index in [1.807, 2.05) is 0 Å². The van der Waals surface area contributed by atoms with Gasteiger partial charge in [0.15, 0.2) is 0 Å². The number of halogens is 1. The Hall–Kier alpha value is -2.17. The fraction of sp³-hybridized carbons (Fsp3) is 0. The maximum absolute atomic E-state index is 13.0. The van der Waals surface area contributed by atoms with Crippen LogP contribution in [0.15, 0.2) is 35.0 Å². The van der Waals surface area contributed by atoms with Gasteiger partial charge in [0.25, 0.3) is 0 Å². The third-order valence-electron chi connectivity index (χ3n) is 1.87. The fourth-order valence-corrected chi connectivity index (χ4v) is 1.18. The highest BCUT2D eigenvalue weighted by Gasteiger charge is 2.18. The first-order valence-electron chi connectivity index (χ1n) is 4.21. The molecule has 2 amide bonds. The molecule has 2 N–H and O–H groups in total. The molecular formula is C10H7FN2O2. The number of carbonyl (C=O) groups excluding carboxylic acids is 1. The third-order valence-corrected chi connectivity index (χ3v) is 1.87. The van der Waals surface area contributed by atoms with Crippen molar-refractivity contribution in [2.75, 3.05) is 0 Å². The number of phenolic OH excluding ortho intramolecular Hbond substituents is 1. The fourth-order valence-electron chi connectivity index (χ4n) is 1.18. The van der Waals surface area contributed by atoms with Crippen molar-refractivity contribution < 1.29 is 14.3 Å². The minimum absolute atomic E-state index is 0.0330. The van der Waals surface area contributed by atoms with Gasteiger partial charge < -0.3 is 10.4 Å². The summed E-state index contributed by atoms with van der Waals surface area (Å²) in [6.45, 7) is 0. The predicted molar refractivity (Wildman–Crippen MR) is 53.2 cm³/mol. The van der Waals surface area contributed by atoms with Gasteiger partial charge in [0.05, 0.1) is 5.70 Å². The molecule has 76 valence electrons. The first kappa shape index (κ1) is 9.39. The van der Waals surface area contributed by atoms with Crippen LogP contribution in [0, 0.1) is 0 Å². The summed E-state index contributed by atoms with van der Waals surface area (Å²) in [5.41, 5.74) is 0.695. The second-order valence-corrected chi connectivity index (χ2v) is 2.98. The zero-order valence-corrected chi connectivity index (χ0v) is 7.57. The van der Waals surface area contributed by atoms with Crippen molar-refractivity contribution in [2.24, 2.45) is 4.99 Å². The lowest BCUT2D eigenvalue weighted by molar-refractivity contribution is 0.253. The van der Waals surface area contributed by atoms with Crippen molar-refractivity contribution in [3.8, 4) is 5.75 Å². The summed E-state index contributed by atoms with van der Waals surface area (Å²) in [5, 5.41) is 11.3. The van der Waals surface area contributed by atoms with E-state index in [1.54, 1.807) is 12.1 Å². The molecule has 1 aliphatic heterocycles. The minimum Gasteiger partial charge on any atom is -0.508 e. The molecule has 0 atom stereocenters. The molecule has 1 aromatic rings. The highest BCUT2D eigenvalue weighted by molar-refractivity contribution is 6.10. The van der Waals surface area contributed by atoms with Crippen LogP contribution in [-0.2, 0) is 0 Å². The number of hydrogen-bond donors (Lipinski definition) is 2. The smallest absolute Gasteiger partial charge is 0.348 e. The predicted octanol–water partition coefficient (Wildman–Crippen LogP) is 1.82. The maximum Gasteiger partial charge on any atom is 0.348 e. The monoisotopic (exact) mass is 206 g/mol. The van der Waals surface area contributed by atoms with Gasteiger partial charge in [-0.15, -0.1) is 0 Å². The van der Waals surface area contributed by atoms with Crippen LogP contribution >= 0.6 is 0 Å². The first-order valence-corrected chi connectivity index (χ1v) is 4.21. The van der Waals surface area contributed by atoms with Crippen LogP contribution in [0.3, 0.4) is 0 Å². The average Bonchev–Trinajstić information content (AvgIpc) is 2.49. The van der Waals surface area contributed by atoms with E-state index in [1.165, 1.54) is 18.2 Å². The van der Waals surface area contributed by atoms with E-state index in [9.17, 15) is 9.18 Å². The highest BCUT2D eigenvalue weighted by atomic mass is 19.1. The molecule has 0 fully saturated rings. The summed E-state index contributed by atoms with van der Waals surface area (Å²) in [4.78, 5) is 13.8. The zero-order chi connectivity index (χ0) is 10.8. The van der Waals surface area contributed by atoms with E-state index >= 15 is 0 Å². The summed E-state index contributed by atoms with van der Waals surface area (Å²) in [6, 6.07) is 5.42. The highest BCUT2D eigenvalue weighted by Crippen LogP contribution is 2.14. The summed E-state index contributed by atoms with van der Waals surface area (Å²) in [7, 11) is 0. The number of aromatic hydroxyl groups is 1. The number of benzene rings is 1. The van der Waals surface area contributed by atoms with Gasteiger partial charge in [0.2, 0.25) is 5.97 Å². The molecule has 0 bridgehead atoms. The average molecular weight is 206 g/mol. The summed E-state index contributed by atoms with van der Waals surface area (Å²) in [6.07, 6.45) is 1.43. The van der Waals surface area contributed by atoms with Crippen molar-refractivity contribution in [3.63, 3.8) is 0 Å². The Morgan fingerprint density at radius 3 is 2.53 bits per heavy atom. The largest absolute Gasteiger partial charge is 0.508 e. The van der Waals surface area contributed by atoms with Crippen molar-refractivity contribution in [2.45, 2.75) is 0 Å². The van der Waals surface area contributed by atoms with Crippen molar-refractivity contribution in [3.05, 3.63) is 35.5 Å². The summed E-state index contributed by atoms with van der Waals surface area (Å²) >= 11 is 0. The lowest BCUT2D eigenvalue weighted by Crippen LogP contribution is -2.12. The number of aliphatic imine (C=N–C) groups is 1. The Labute approximate surface area is 84.8 Å². The molecule has 0 aliphatic carbocycles. The second-order valence-electron chi connectivity index (χ2n) is 2.98. The number of urea groups is 1. The third kappa shape index (κ3) is 2.01. The summed E-state index contributed by atoms with van der Waals surface area (Å²) < 4.78 is 13.0. The molecule has 15 heavy (non-hydrogen) atoms. The minimum atomic E-state index is -0.826. The zero-order valence-electron chi connectivity index (χ0n) is 7.57. The molecule has 0 spiro atoms. The molecule has 1 heterocycles. The van der Waals surface area contributed by atoms with Crippen LogP contribution in [0.2, 0.25) is 0 Å². The SMILES string of the molecule is O=C1N=C(F)C(=Cc2ccc(O)cc2)N1. The van der Waals surface area contributed by atoms with E-state index in [2.05, 4.69) is 10.3 Å². The Kier molecular flexibility index (Phi) is 2.21. The van der Waals surface area contributed by atoms with Gasteiger partial charge in [0.1, 0.15) is 5.75 Å². The van der Waals surface area contributed by atoms with Gasteiger partial charge >= 0.3 is 6.03 Å². The van der Waals surface area contributed by atoms with Crippen LogP contribution in [0.4, 0.5) is 9.18 Å². The lowest BCUT2D eigenvalue weighted by atomic mass is 10.2. The van der Waals surface area contributed by atoms with Crippen LogP contribution in [0.5, 0.6) is 5.75 Å². The maximum atomic E-state index is 13.0. The Balaban J connectivity index is 2.28. The van der Waals surface area contributed by atoms with Crippen LogP contribution < -0.4 is 5.32 Å². The second kappa shape index (κ2) is 3.53. The number of nitrogens with zero attached hydrogens (tertiary/aromatic N) is 1. The molecular weight excluding hydrogens is 199 g/mol. The molecule has 5 heteroatoms. The quantitative estimate of drug-likeness (QED) is 0.736. The molecule has 4 nitrogen and oxygen atoms in total. The summed E-state index contributed by atoms with van der Waals surface area (Å²) in [5.74, 6) is -0.699. The number of carbonyl (C=O) groups is 1. The van der Waals surface area contributed by atoms with Crippen molar-refractivity contribution in [1.29, 1.82) is 0 Å². The topological polar surface area (TPSA) is 61.7 Å². The van der Waals surface area contributed by atoms with Gasteiger partial charge in [-0.05, 0) is 23.8 Å². The van der Waals surface area contributed by atoms with Crippen molar-refractivity contribution >= 4 is 18.1 Å². The van der Waals surface area contributed by atoms with Crippen LogP contribution in [0.1, 0.15) is 5.56 Å². The Bertz CT molecular complexity index is 463. The van der Waals surface area contributed by atoms with E-state index in [0.29, 0.717) is 5.56 Å². The van der Waals surface area contributed by atoms with E-state index in [0.717, 1.165) is 0 Å². The first-order chi connectivity index (χ1) is 7.15. The number of amides is 2. The van der Waals surface area contributed by atoms with E-state index < -0.39 is 12.0 Å². The molecule has 1 aromatic carbocycles. The standard InChI is InChI=1S/C10H7FN2O2/c11-9-8(12-10(15)13-9)5-6-1-3-7(14)4-2-6/h1-5,14H,(H,12,15). The number of phenols is 1. The number of nitrogens with one attached hydrogen (secondary N) is 1. The van der Waals surface area contributed by atoms with Gasteiger partial charge in [-0.3, -0.25) is 0 Å². The lowest BCUT2D eigenvalue weighted by Gasteiger charge is -1.97. The van der Waals surface area contributed by atoms with Crippen LogP contribution in [-0.4, -0.2) is 17.1 Å². The Morgan fingerprint density at radius 2 is 2.00 bits per heavy atom. The molecule has 2 rings (SSSR count). The molecule has 0 radical (unpaired) electrons. The molecule has 0 saturated heterocycles.